The van der Waals surface area contributed by atoms with Gasteiger partial charge in [-0.3, -0.25) is 9.69 Å². The lowest BCUT2D eigenvalue weighted by molar-refractivity contribution is -0.152. The number of rotatable bonds is 5. The summed E-state index contributed by atoms with van der Waals surface area (Å²) in [5.74, 6) is -1.32. The minimum absolute atomic E-state index is 0.0351. The first-order valence-corrected chi connectivity index (χ1v) is 8.84. The van der Waals surface area contributed by atoms with Gasteiger partial charge in [-0.05, 0) is 38.3 Å². The van der Waals surface area contributed by atoms with Crippen LogP contribution in [0.25, 0.3) is 0 Å². The zero-order chi connectivity index (χ0) is 19.2. The number of amides is 1. The molecule has 2 aliphatic heterocycles. The molecule has 1 aliphatic carbocycles. The number of ether oxygens (including phenoxy) is 3. The maximum atomic E-state index is 13.1. The van der Waals surface area contributed by atoms with Gasteiger partial charge in [-0.2, -0.15) is 0 Å². The standard InChI is InChI=1S/C20H19NO6/c1-3-25-18(23)15(11-26-16-10-12(2)17(22)27-16)21-14-7-5-4-6-13(14)20(8-9-20)19(21)24/h4-7,10-11,16H,3,8-9H2,1-2H3/b15-11-. The topological polar surface area (TPSA) is 82.1 Å². The van der Waals surface area contributed by atoms with Crippen molar-refractivity contribution in [1.82, 2.24) is 0 Å². The van der Waals surface area contributed by atoms with E-state index in [-0.39, 0.29) is 18.2 Å². The van der Waals surface area contributed by atoms with E-state index >= 15 is 0 Å². The summed E-state index contributed by atoms with van der Waals surface area (Å²) in [6.45, 7) is 3.45. The van der Waals surface area contributed by atoms with Crippen LogP contribution < -0.4 is 4.90 Å². The molecule has 4 rings (SSSR count). The number of benzene rings is 1. The molecule has 1 saturated carbocycles. The minimum Gasteiger partial charge on any atom is -0.461 e. The highest BCUT2D eigenvalue weighted by Gasteiger charge is 2.60. The summed E-state index contributed by atoms with van der Waals surface area (Å²) in [5, 5.41) is 0. The number of anilines is 1. The van der Waals surface area contributed by atoms with Crippen LogP contribution in [0.15, 0.2) is 47.9 Å². The molecule has 1 unspecified atom stereocenters. The van der Waals surface area contributed by atoms with Gasteiger partial charge >= 0.3 is 11.9 Å². The molecule has 27 heavy (non-hydrogen) atoms. The summed E-state index contributed by atoms with van der Waals surface area (Å²) in [5.41, 5.74) is 1.39. The Morgan fingerprint density at radius 1 is 1.33 bits per heavy atom. The van der Waals surface area contributed by atoms with Crippen molar-refractivity contribution < 1.29 is 28.6 Å². The summed E-state index contributed by atoms with van der Waals surface area (Å²) < 4.78 is 15.6. The lowest BCUT2D eigenvalue weighted by Gasteiger charge is -2.20. The molecule has 1 atom stereocenters. The van der Waals surface area contributed by atoms with Gasteiger partial charge in [0.2, 0.25) is 5.91 Å². The molecular weight excluding hydrogens is 350 g/mol. The normalized spacial score (nSPS) is 22.4. The maximum absolute atomic E-state index is 13.1. The van der Waals surface area contributed by atoms with Gasteiger partial charge in [0.15, 0.2) is 5.70 Å². The van der Waals surface area contributed by atoms with Crippen LogP contribution in [0.3, 0.4) is 0 Å². The molecule has 1 aromatic rings. The van der Waals surface area contributed by atoms with Gasteiger partial charge in [0.25, 0.3) is 6.29 Å². The average Bonchev–Trinajstić information content (AvgIpc) is 3.34. The van der Waals surface area contributed by atoms with E-state index in [1.165, 1.54) is 11.0 Å². The van der Waals surface area contributed by atoms with Crippen LogP contribution in [0, 0.1) is 0 Å². The van der Waals surface area contributed by atoms with E-state index < -0.39 is 23.6 Å². The highest BCUT2D eigenvalue weighted by atomic mass is 16.7. The third-order valence-electron chi connectivity index (χ3n) is 4.99. The van der Waals surface area contributed by atoms with Crippen molar-refractivity contribution in [1.29, 1.82) is 0 Å². The van der Waals surface area contributed by atoms with E-state index in [1.807, 2.05) is 18.2 Å². The first kappa shape index (κ1) is 17.3. The Labute approximate surface area is 156 Å². The second kappa shape index (κ2) is 6.26. The zero-order valence-electron chi connectivity index (χ0n) is 15.1. The van der Waals surface area contributed by atoms with Gasteiger partial charge in [-0.15, -0.1) is 0 Å². The van der Waals surface area contributed by atoms with Gasteiger partial charge in [-0.1, -0.05) is 18.2 Å². The molecule has 7 nitrogen and oxygen atoms in total. The van der Waals surface area contributed by atoms with Crippen molar-refractivity contribution in [2.24, 2.45) is 0 Å². The van der Waals surface area contributed by atoms with Crippen molar-refractivity contribution >= 4 is 23.5 Å². The first-order chi connectivity index (χ1) is 13.0. The van der Waals surface area contributed by atoms with Crippen molar-refractivity contribution in [3.05, 3.63) is 53.4 Å². The van der Waals surface area contributed by atoms with Gasteiger partial charge < -0.3 is 14.2 Å². The second-order valence-corrected chi connectivity index (χ2v) is 6.72. The number of carbonyl (C=O) groups excluding carboxylic acids is 3. The van der Waals surface area contributed by atoms with E-state index in [0.29, 0.717) is 11.3 Å². The molecule has 140 valence electrons. The molecule has 3 aliphatic rings. The van der Waals surface area contributed by atoms with E-state index in [0.717, 1.165) is 24.7 Å². The Hall–Kier alpha value is -3.09. The smallest absolute Gasteiger partial charge is 0.358 e. The van der Waals surface area contributed by atoms with E-state index in [1.54, 1.807) is 19.9 Å². The Bertz CT molecular complexity index is 895. The predicted octanol–water partition coefficient (Wildman–Crippen LogP) is 2.32. The average molecular weight is 369 g/mol. The Morgan fingerprint density at radius 2 is 2.07 bits per heavy atom. The molecular formula is C20H19NO6. The fraction of sp³-hybridized carbons (Fsp3) is 0.350. The Kier molecular flexibility index (Phi) is 4.02. The number of esters is 2. The second-order valence-electron chi connectivity index (χ2n) is 6.72. The first-order valence-electron chi connectivity index (χ1n) is 8.84. The number of cyclic esters (lactones) is 1. The Balaban J connectivity index is 1.69. The van der Waals surface area contributed by atoms with Crippen LogP contribution in [0.2, 0.25) is 0 Å². The van der Waals surface area contributed by atoms with Crippen molar-refractivity contribution in [3.8, 4) is 0 Å². The summed E-state index contributed by atoms with van der Waals surface area (Å²) in [6.07, 6.45) is 3.20. The van der Waals surface area contributed by atoms with Crippen LogP contribution in [-0.2, 0) is 34.0 Å². The molecule has 0 bridgehead atoms. The third kappa shape index (κ3) is 2.70. The molecule has 0 saturated heterocycles. The molecule has 0 radical (unpaired) electrons. The van der Waals surface area contributed by atoms with Crippen LogP contribution in [0.1, 0.15) is 32.3 Å². The quantitative estimate of drug-likeness (QED) is 0.450. The number of carbonyl (C=O) groups is 3. The highest BCUT2D eigenvalue weighted by Crippen LogP contribution is 2.58. The number of hydrogen-bond donors (Lipinski definition) is 0. The number of hydrogen-bond acceptors (Lipinski definition) is 6. The third-order valence-corrected chi connectivity index (χ3v) is 4.99. The number of fused-ring (bicyclic) bond motifs is 2. The number of nitrogens with zero attached hydrogens (tertiary/aromatic N) is 1. The van der Waals surface area contributed by atoms with Crippen LogP contribution in [0.5, 0.6) is 0 Å². The molecule has 1 spiro atoms. The van der Waals surface area contributed by atoms with E-state index in [2.05, 4.69) is 0 Å². The molecule has 0 aromatic heterocycles. The van der Waals surface area contributed by atoms with Gasteiger partial charge in [-0.25, -0.2) is 9.59 Å². The van der Waals surface area contributed by atoms with E-state index in [9.17, 15) is 14.4 Å². The SMILES string of the molecule is CCOC(=O)/C(=C/OC1C=C(C)C(=O)O1)N1C(=O)C2(CC2)c2ccccc21. The molecule has 1 fully saturated rings. The molecule has 1 amide bonds. The summed E-state index contributed by atoms with van der Waals surface area (Å²) in [7, 11) is 0. The van der Waals surface area contributed by atoms with Crippen LogP contribution in [0.4, 0.5) is 5.69 Å². The van der Waals surface area contributed by atoms with Crippen molar-refractivity contribution in [2.75, 3.05) is 11.5 Å². The molecule has 7 heteroatoms. The van der Waals surface area contributed by atoms with Crippen molar-refractivity contribution in [2.45, 2.75) is 38.4 Å². The molecule has 2 heterocycles. The van der Waals surface area contributed by atoms with Gasteiger partial charge in [0.1, 0.15) is 6.26 Å². The summed E-state index contributed by atoms with van der Waals surface area (Å²) >= 11 is 0. The highest BCUT2D eigenvalue weighted by molar-refractivity contribution is 6.16. The summed E-state index contributed by atoms with van der Waals surface area (Å²) in [6, 6.07) is 7.40. The lowest BCUT2D eigenvalue weighted by atomic mass is 9.98. The van der Waals surface area contributed by atoms with Crippen LogP contribution >= 0.6 is 0 Å². The molecule has 0 N–H and O–H groups in total. The number of para-hydroxylation sites is 1. The van der Waals surface area contributed by atoms with Crippen molar-refractivity contribution in [3.63, 3.8) is 0 Å². The minimum atomic E-state index is -0.940. The van der Waals surface area contributed by atoms with E-state index in [4.69, 9.17) is 14.2 Å². The monoisotopic (exact) mass is 369 g/mol. The maximum Gasteiger partial charge on any atom is 0.358 e. The molecule has 1 aromatic carbocycles. The fourth-order valence-corrected chi connectivity index (χ4v) is 3.46. The zero-order valence-corrected chi connectivity index (χ0v) is 15.1. The predicted molar refractivity (Wildman–Crippen MR) is 94.3 cm³/mol. The van der Waals surface area contributed by atoms with Crippen LogP contribution in [-0.4, -0.2) is 30.7 Å². The van der Waals surface area contributed by atoms with Gasteiger partial charge in [0.05, 0.1) is 17.7 Å². The fourth-order valence-electron chi connectivity index (χ4n) is 3.46. The summed E-state index contributed by atoms with van der Waals surface area (Å²) in [4.78, 5) is 38.5. The largest absolute Gasteiger partial charge is 0.461 e. The van der Waals surface area contributed by atoms with Gasteiger partial charge in [0, 0.05) is 11.6 Å². The lowest BCUT2D eigenvalue weighted by Crippen LogP contribution is -2.35. The Morgan fingerprint density at radius 3 is 2.70 bits per heavy atom.